The SMILES string of the molecule is C[C@H]([C]1[CH][CH][CH][C]1I)N(C)C.[CH]1[CH][CH][CH][CH]1.[Fe]. The third-order valence-electron chi connectivity index (χ3n) is 2.57. The number of rotatable bonds is 2. The largest absolute Gasteiger partial charge is 0.306 e. The Morgan fingerprint density at radius 3 is 1.71 bits per heavy atom. The molecule has 2 aliphatic rings. The molecule has 2 rings (SSSR count). The van der Waals surface area contributed by atoms with Gasteiger partial charge in [0.2, 0.25) is 0 Å². The zero-order valence-corrected chi connectivity index (χ0v) is 13.6. The molecule has 10 radical (unpaired) electrons. The van der Waals surface area contributed by atoms with E-state index in [1.807, 2.05) is 32.1 Å². The second kappa shape index (κ2) is 10.1. The Hall–Kier alpha value is 1.21. The van der Waals surface area contributed by atoms with Crippen LogP contribution < -0.4 is 0 Å². The molecule has 0 N–H and O–H groups in total. The van der Waals surface area contributed by atoms with Crippen molar-refractivity contribution in [2.45, 2.75) is 13.0 Å². The Labute approximate surface area is 132 Å². The minimum Gasteiger partial charge on any atom is -0.306 e. The molecule has 0 aromatic carbocycles. The average molecular weight is 383 g/mol. The molecule has 0 heterocycles. The van der Waals surface area contributed by atoms with Crippen LogP contribution in [0.15, 0.2) is 0 Å². The maximum absolute atomic E-state index is 2.38. The summed E-state index contributed by atoms with van der Waals surface area (Å²) in [5.74, 6) is 1.43. The predicted molar refractivity (Wildman–Crippen MR) is 78.1 cm³/mol. The van der Waals surface area contributed by atoms with Gasteiger partial charge in [0.1, 0.15) is 0 Å². The first-order chi connectivity index (χ1) is 7.63. The van der Waals surface area contributed by atoms with Gasteiger partial charge in [-0.25, -0.2) is 0 Å². The molecule has 0 unspecified atom stereocenters. The molecular weight excluding hydrogens is 365 g/mol. The smallest absolute Gasteiger partial charge is 0.0491 e. The van der Waals surface area contributed by atoms with Gasteiger partial charge in [0.05, 0.1) is 0 Å². The Morgan fingerprint density at radius 2 is 1.41 bits per heavy atom. The van der Waals surface area contributed by atoms with Gasteiger partial charge < -0.3 is 4.90 Å². The predicted octanol–water partition coefficient (Wildman–Crippen LogP) is 3.12. The summed E-state index contributed by atoms with van der Waals surface area (Å²) in [6.45, 7) is 2.22. The first kappa shape index (κ1) is 18.2. The molecule has 1 nitrogen and oxygen atoms in total. The molecule has 2 saturated carbocycles. The Balaban J connectivity index is 0.000000360. The van der Waals surface area contributed by atoms with Crippen LogP contribution in [0, 0.1) is 61.2 Å². The summed E-state index contributed by atoms with van der Waals surface area (Å²) in [7, 11) is 4.21. The van der Waals surface area contributed by atoms with Crippen molar-refractivity contribution in [2.24, 2.45) is 0 Å². The van der Waals surface area contributed by atoms with Crippen LogP contribution in [-0.4, -0.2) is 25.0 Å². The van der Waals surface area contributed by atoms with Crippen molar-refractivity contribution >= 4 is 22.6 Å². The Kier molecular flexibility index (Phi) is 10.8. The van der Waals surface area contributed by atoms with E-state index in [9.17, 15) is 0 Å². The zero-order chi connectivity index (χ0) is 12.0. The summed E-state index contributed by atoms with van der Waals surface area (Å²) >= 11 is 2.38. The topological polar surface area (TPSA) is 3.24 Å². The molecule has 0 amide bonds. The fourth-order valence-electron chi connectivity index (χ4n) is 1.35. The van der Waals surface area contributed by atoms with Crippen molar-refractivity contribution in [3.63, 3.8) is 0 Å². The summed E-state index contributed by atoms with van der Waals surface area (Å²) in [6, 6.07) is 0.525. The van der Waals surface area contributed by atoms with Gasteiger partial charge in [-0.2, -0.15) is 0 Å². The van der Waals surface area contributed by atoms with Crippen molar-refractivity contribution < 1.29 is 17.1 Å². The average Bonchev–Trinajstić information content (AvgIpc) is 2.89. The fraction of sp³-hybridized carbons (Fsp3) is 0.286. The first-order valence-electron chi connectivity index (χ1n) is 5.37. The van der Waals surface area contributed by atoms with E-state index in [1.54, 1.807) is 0 Å². The number of hydrogen-bond acceptors (Lipinski definition) is 1. The Bertz CT molecular complexity index is 175. The summed E-state index contributed by atoms with van der Waals surface area (Å²) < 4.78 is 1.36. The molecule has 1 atom stereocenters. The van der Waals surface area contributed by atoms with Crippen LogP contribution in [-0.2, 0) is 17.1 Å². The summed E-state index contributed by atoms with van der Waals surface area (Å²) in [6.07, 6.45) is 16.4. The molecule has 3 heteroatoms. The van der Waals surface area contributed by atoms with E-state index < -0.39 is 0 Å². The third kappa shape index (κ3) is 6.79. The molecular formula is C14H18FeIN. The number of halogens is 1. The molecule has 2 aliphatic carbocycles. The van der Waals surface area contributed by atoms with E-state index in [0.29, 0.717) is 6.04 Å². The summed E-state index contributed by atoms with van der Waals surface area (Å²) in [5.41, 5.74) is 0. The normalized spacial score (nSPS) is 23.1. The Morgan fingerprint density at radius 1 is 0.941 bits per heavy atom. The van der Waals surface area contributed by atoms with E-state index in [2.05, 4.69) is 67.8 Å². The van der Waals surface area contributed by atoms with Gasteiger partial charge in [-0.3, -0.25) is 0 Å². The minimum atomic E-state index is 0. The van der Waals surface area contributed by atoms with Crippen LogP contribution in [0.1, 0.15) is 6.92 Å². The van der Waals surface area contributed by atoms with Gasteiger partial charge >= 0.3 is 0 Å². The van der Waals surface area contributed by atoms with Crippen molar-refractivity contribution in [2.75, 3.05) is 14.1 Å². The van der Waals surface area contributed by atoms with E-state index >= 15 is 0 Å². The van der Waals surface area contributed by atoms with Crippen LogP contribution >= 0.6 is 22.6 Å². The molecule has 0 bridgehead atoms. The molecule has 94 valence electrons. The van der Waals surface area contributed by atoms with E-state index in [4.69, 9.17) is 0 Å². The molecule has 0 aromatic rings. The second-order valence-corrected chi connectivity index (χ2v) is 5.09. The minimum absolute atomic E-state index is 0. The number of nitrogens with zero attached hydrogens (tertiary/aromatic N) is 1. The molecule has 0 spiro atoms. The van der Waals surface area contributed by atoms with Gasteiger partial charge in [-0.05, 0) is 72.4 Å². The van der Waals surface area contributed by atoms with Gasteiger partial charge in [-0.1, -0.05) is 22.6 Å². The van der Waals surface area contributed by atoms with E-state index in [-0.39, 0.29) is 17.1 Å². The van der Waals surface area contributed by atoms with Crippen LogP contribution in [0.4, 0.5) is 0 Å². The maximum atomic E-state index is 2.38. The molecule has 0 aromatic heterocycles. The zero-order valence-electron chi connectivity index (χ0n) is 10.4. The fourth-order valence-corrected chi connectivity index (χ4v) is 2.19. The molecule has 2 fully saturated rings. The van der Waals surface area contributed by atoms with Crippen LogP contribution in [0.25, 0.3) is 0 Å². The van der Waals surface area contributed by atoms with Gasteiger partial charge in [0, 0.05) is 33.0 Å². The second-order valence-electron chi connectivity index (χ2n) is 3.93. The molecule has 17 heavy (non-hydrogen) atoms. The van der Waals surface area contributed by atoms with Crippen molar-refractivity contribution in [3.05, 3.63) is 61.2 Å². The van der Waals surface area contributed by atoms with Gasteiger partial charge in [0.15, 0.2) is 0 Å². The quantitative estimate of drug-likeness (QED) is 0.524. The van der Waals surface area contributed by atoms with Gasteiger partial charge in [0.25, 0.3) is 0 Å². The maximum Gasteiger partial charge on any atom is 0.0491 e. The van der Waals surface area contributed by atoms with Crippen molar-refractivity contribution in [3.8, 4) is 0 Å². The monoisotopic (exact) mass is 383 g/mol. The van der Waals surface area contributed by atoms with Crippen LogP contribution in [0.5, 0.6) is 0 Å². The summed E-state index contributed by atoms with van der Waals surface area (Å²) in [4.78, 5) is 2.22. The first-order valence-corrected chi connectivity index (χ1v) is 6.45. The molecule has 0 saturated heterocycles. The third-order valence-corrected chi connectivity index (χ3v) is 3.56. The van der Waals surface area contributed by atoms with Crippen LogP contribution in [0.2, 0.25) is 0 Å². The summed E-state index contributed by atoms with van der Waals surface area (Å²) in [5, 5.41) is 0. The van der Waals surface area contributed by atoms with Crippen molar-refractivity contribution in [1.82, 2.24) is 4.90 Å². The standard InChI is InChI=1S/C9H13IN.C5H5.Fe/c1-7(11(2)3)8-5-4-6-9(8)10;1-2-4-5-3-1;/h4-7H,1-3H3;1-5H;/t7-;;/m1../s1. The number of hydrogen-bond donors (Lipinski definition) is 0. The van der Waals surface area contributed by atoms with Gasteiger partial charge in [-0.15, -0.1) is 0 Å². The van der Waals surface area contributed by atoms with E-state index in [0.717, 1.165) is 0 Å². The van der Waals surface area contributed by atoms with E-state index in [1.165, 1.54) is 9.84 Å². The van der Waals surface area contributed by atoms with Crippen molar-refractivity contribution in [1.29, 1.82) is 0 Å². The molecule has 0 aliphatic heterocycles. The van der Waals surface area contributed by atoms with Crippen LogP contribution in [0.3, 0.4) is 0 Å².